The van der Waals surface area contributed by atoms with E-state index >= 15 is 0 Å². The fraction of sp³-hybridized carbons (Fsp3) is 0.222. The van der Waals surface area contributed by atoms with Crippen molar-refractivity contribution in [1.82, 2.24) is 25.4 Å². The molecule has 2 aromatic heterocycles. The molecule has 15 heavy (non-hydrogen) atoms. The van der Waals surface area contributed by atoms with Gasteiger partial charge in [-0.3, -0.25) is 0 Å². The second-order valence-electron chi connectivity index (χ2n) is 2.83. The van der Waals surface area contributed by atoms with E-state index < -0.39 is 0 Å². The first-order chi connectivity index (χ1) is 7.31. The number of hydrogen-bond acceptors (Lipinski definition) is 6. The van der Waals surface area contributed by atoms with Crippen molar-refractivity contribution in [3.05, 3.63) is 24.2 Å². The van der Waals surface area contributed by atoms with Gasteiger partial charge in [-0.25, -0.2) is 4.98 Å². The lowest BCUT2D eigenvalue weighted by Gasteiger charge is -2.03. The first kappa shape index (κ1) is 9.45. The van der Waals surface area contributed by atoms with Gasteiger partial charge in [0.05, 0.1) is 7.11 Å². The maximum absolute atomic E-state index is 5.13. The van der Waals surface area contributed by atoms with E-state index in [4.69, 9.17) is 4.74 Å². The van der Waals surface area contributed by atoms with Crippen LogP contribution in [0.25, 0.3) is 11.5 Å². The number of aromatic nitrogens is 5. The van der Waals surface area contributed by atoms with Gasteiger partial charge in [0.2, 0.25) is 5.82 Å². The third kappa shape index (κ3) is 1.88. The Kier molecular flexibility index (Phi) is 2.49. The van der Waals surface area contributed by atoms with Gasteiger partial charge in [-0.15, -0.1) is 20.4 Å². The standard InChI is InChI=1S/C9H9N5O/c1-6-11-13-9(14-12-6)8-7(15-2)4-3-5-10-8/h3-5H,1-2H3. The van der Waals surface area contributed by atoms with Crippen molar-refractivity contribution >= 4 is 0 Å². The third-order valence-corrected chi connectivity index (χ3v) is 1.78. The van der Waals surface area contributed by atoms with Gasteiger partial charge < -0.3 is 4.74 Å². The lowest BCUT2D eigenvalue weighted by molar-refractivity contribution is 0.414. The van der Waals surface area contributed by atoms with Crippen LogP contribution in [0.5, 0.6) is 5.75 Å². The third-order valence-electron chi connectivity index (χ3n) is 1.78. The van der Waals surface area contributed by atoms with Crippen LogP contribution >= 0.6 is 0 Å². The Bertz CT molecular complexity index is 456. The van der Waals surface area contributed by atoms with Crippen LogP contribution in [0.4, 0.5) is 0 Å². The van der Waals surface area contributed by atoms with E-state index in [-0.39, 0.29) is 0 Å². The number of hydrogen-bond donors (Lipinski definition) is 0. The summed E-state index contributed by atoms with van der Waals surface area (Å²) in [5, 5.41) is 15.4. The highest BCUT2D eigenvalue weighted by atomic mass is 16.5. The van der Waals surface area contributed by atoms with Crippen molar-refractivity contribution in [2.45, 2.75) is 6.92 Å². The molecule has 0 amide bonds. The maximum Gasteiger partial charge on any atom is 0.225 e. The lowest BCUT2D eigenvalue weighted by Crippen LogP contribution is -2.01. The second kappa shape index (κ2) is 3.95. The van der Waals surface area contributed by atoms with Crippen molar-refractivity contribution in [3.63, 3.8) is 0 Å². The Labute approximate surface area is 86.4 Å². The summed E-state index contributed by atoms with van der Waals surface area (Å²) >= 11 is 0. The normalized spacial score (nSPS) is 10.0. The molecule has 0 radical (unpaired) electrons. The minimum atomic E-state index is 0.359. The molecule has 76 valence electrons. The van der Waals surface area contributed by atoms with Gasteiger partial charge in [0, 0.05) is 6.20 Å². The molecule has 0 aromatic carbocycles. The van der Waals surface area contributed by atoms with Gasteiger partial charge in [0.25, 0.3) is 0 Å². The fourth-order valence-corrected chi connectivity index (χ4v) is 1.10. The molecular weight excluding hydrogens is 194 g/mol. The van der Waals surface area contributed by atoms with Crippen LogP contribution in [-0.4, -0.2) is 32.5 Å². The highest BCUT2D eigenvalue weighted by molar-refractivity contribution is 5.57. The van der Waals surface area contributed by atoms with Crippen molar-refractivity contribution in [2.75, 3.05) is 7.11 Å². The molecule has 0 fully saturated rings. The summed E-state index contributed by atoms with van der Waals surface area (Å²) in [6.45, 7) is 1.72. The smallest absolute Gasteiger partial charge is 0.225 e. The number of methoxy groups -OCH3 is 1. The fourth-order valence-electron chi connectivity index (χ4n) is 1.10. The minimum absolute atomic E-state index is 0.359. The van der Waals surface area contributed by atoms with Crippen LogP contribution in [-0.2, 0) is 0 Å². The SMILES string of the molecule is COc1cccnc1-c1nnc(C)nn1. The number of ether oxygens (including phenoxy) is 1. The second-order valence-corrected chi connectivity index (χ2v) is 2.83. The Morgan fingerprint density at radius 1 is 1.13 bits per heavy atom. The van der Waals surface area contributed by atoms with Crippen molar-refractivity contribution in [1.29, 1.82) is 0 Å². The molecule has 2 heterocycles. The summed E-state index contributed by atoms with van der Waals surface area (Å²) in [5.41, 5.74) is 0.542. The zero-order valence-electron chi connectivity index (χ0n) is 8.38. The zero-order valence-corrected chi connectivity index (χ0v) is 8.38. The van der Waals surface area contributed by atoms with E-state index in [2.05, 4.69) is 25.4 Å². The van der Waals surface area contributed by atoms with Gasteiger partial charge in [-0.2, -0.15) is 0 Å². The van der Waals surface area contributed by atoms with Gasteiger partial charge >= 0.3 is 0 Å². The van der Waals surface area contributed by atoms with Crippen LogP contribution in [0.3, 0.4) is 0 Å². The van der Waals surface area contributed by atoms with E-state index in [0.29, 0.717) is 23.1 Å². The summed E-state index contributed by atoms with van der Waals surface area (Å²) in [7, 11) is 1.57. The Hall–Kier alpha value is -2.11. The van der Waals surface area contributed by atoms with E-state index in [0.717, 1.165) is 0 Å². The molecule has 0 aliphatic carbocycles. The van der Waals surface area contributed by atoms with Gasteiger partial charge in [0.1, 0.15) is 5.75 Å². The lowest BCUT2D eigenvalue weighted by atomic mass is 10.3. The summed E-state index contributed by atoms with van der Waals surface area (Å²) in [6, 6.07) is 3.56. The molecule has 0 unspecified atom stereocenters. The molecule has 0 saturated heterocycles. The average Bonchev–Trinajstić information content (AvgIpc) is 2.30. The van der Waals surface area contributed by atoms with Gasteiger partial charge in [-0.05, 0) is 19.1 Å². The molecule has 0 aliphatic rings. The van der Waals surface area contributed by atoms with Crippen LogP contribution in [0, 0.1) is 6.92 Å². The summed E-state index contributed by atoms with van der Waals surface area (Å²) in [4.78, 5) is 4.12. The number of pyridine rings is 1. The Morgan fingerprint density at radius 2 is 1.87 bits per heavy atom. The molecule has 0 N–H and O–H groups in total. The van der Waals surface area contributed by atoms with Crippen molar-refractivity contribution < 1.29 is 4.74 Å². The van der Waals surface area contributed by atoms with Crippen LogP contribution < -0.4 is 4.74 Å². The number of rotatable bonds is 2. The summed E-state index contributed by atoms with van der Waals surface area (Å²) < 4.78 is 5.13. The number of aryl methyl sites for hydroxylation is 1. The predicted molar refractivity (Wildman–Crippen MR) is 52.1 cm³/mol. The van der Waals surface area contributed by atoms with Crippen LogP contribution in [0.1, 0.15) is 5.82 Å². The highest BCUT2D eigenvalue weighted by Crippen LogP contribution is 2.22. The highest BCUT2D eigenvalue weighted by Gasteiger charge is 2.10. The Balaban J connectivity index is 2.49. The molecule has 0 bridgehead atoms. The molecule has 2 rings (SSSR count). The van der Waals surface area contributed by atoms with Crippen LogP contribution in [0.2, 0.25) is 0 Å². The van der Waals surface area contributed by atoms with E-state index in [1.54, 1.807) is 32.4 Å². The molecule has 6 heteroatoms. The first-order valence-electron chi connectivity index (χ1n) is 4.34. The topological polar surface area (TPSA) is 73.7 Å². The monoisotopic (exact) mass is 203 g/mol. The molecule has 0 aliphatic heterocycles. The molecule has 0 atom stereocenters. The van der Waals surface area contributed by atoms with Gasteiger partial charge in [-0.1, -0.05) is 0 Å². The first-order valence-corrected chi connectivity index (χ1v) is 4.34. The molecule has 0 spiro atoms. The largest absolute Gasteiger partial charge is 0.494 e. The van der Waals surface area contributed by atoms with E-state index in [1.807, 2.05) is 0 Å². The zero-order chi connectivity index (χ0) is 10.7. The van der Waals surface area contributed by atoms with Crippen molar-refractivity contribution in [2.24, 2.45) is 0 Å². The predicted octanol–water partition coefficient (Wildman–Crippen LogP) is 0.646. The van der Waals surface area contributed by atoms with Crippen molar-refractivity contribution in [3.8, 4) is 17.3 Å². The molecule has 6 nitrogen and oxygen atoms in total. The summed E-state index contributed by atoms with van der Waals surface area (Å²) in [6.07, 6.45) is 1.64. The summed E-state index contributed by atoms with van der Waals surface area (Å²) in [5.74, 6) is 1.48. The molecule has 2 aromatic rings. The van der Waals surface area contributed by atoms with E-state index in [1.165, 1.54) is 0 Å². The molecular formula is C9H9N5O. The Morgan fingerprint density at radius 3 is 2.53 bits per heavy atom. The average molecular weight is 203 g/mol. The van der Waals surface area contributed by atoms with Crippen LogP contribution in [0.15, 0.2) is 18.3 Å². The molecule has 0 saturated carbocycles. The number of nitrogens with zero attached hydrogens (tertiary/aromatic N) is 5. The van der Waals surface area contributed by atoms with E-state index in [9.17, 15) is 0 Å². The maximum atomic E-state index is 5.13. The van der Waals surface area contributed by atoms with Gasteiger partial charge in [0.15, 0.2) is 11.5 Å². The minimum Gasteiger partial charge on any atom is -0.494 e. The quantitative estimate of drug-likeness (QED) is 0.713.